The molecule has 6 nitrogen and oxygen atoms in total. The van der Waals surface area contributed by atoms with Gasteiger partial charge in [0.25, 0.3) is 0 Å². The molecule has 0 aliphatic rings. The molecule has 0 radical (unpaired) electrons. The largest absolute Gasteiger partial charge is 0.507 e. The summed E-state index contributed by atoms with van der Waals surface area (Å²) in [5.41, 5.74) is -0.394. The van der Waals surface area contributed by atoms with E-state index in [2.05, 4.69) is 5.32 Å². The molecule has 0 saturated heterocycles. The highest BCUT2D eigenvalue weighted by atomic mass is 35.5. The summed E-state index contributed by atoms with van der Waals surface area (Å²) < 4.78 is 0. The van der Waals surface area contributed by atoms with Crippen molar-refractivity contribution in [1.82, 2.24) is 0 Å². The number of phenols is 1. The molecule has 114 valence electrons. The SMILES string of the molecule is O=C(O)c1ccccc1Nc1c(Cl)cc(O)c(C(=O)O)c1Cl. The van der Waals surface area contributed by atoms with Crippen LogP contribution in [0.25, 0.3) is 0 Å². The van der Waals surface area contributed by atoms with E-state index in [-0.39, 0.29) is 27.0 Å². The number of halogens is 2. The number of aromatic hydroxyl groups is 1. The molecule has 2 aromatic rings. The van der Waals surface area contributed by atoms with Crippen LogP contribution in [0.3, 0.4) is 0 Å². The van der Waals surface area contributed by atoms with Crippen molar-refractivity contribution >= 4 is 46.5 Å². The van der Waals surface area contributed by atoms with E-state index in [1.165, 1.54) is 18.2 Å². The van der Waals surface area contributed by atoms with Gasteiger partial charge in [0, 0.05) is 6.07 Å². The highest BCUT2D eigenvalue weighted by molar-refractivity contribution is 6.41. The lowest BCUT2D eigenvalue weighted by molar-refractivity contribution is 0.0684. The number of benzene rings is 2. The third kappa shape index (κ3) is 2.93. The van der Waals surface area contributed by atoms with Gasteiger partial charge in [-0.2, -0.15) is 0 Å². The van der Waals surface area contributed by atoms with Gasteiger partial charge < -0.3 is 20.6 Å². The lowest BCUT2D eigenvalue weighted by atomic mass is 10.1. The Balaban J connectivity index is 2.58. The van der Waals surface area contributed by atoms with Crippen molar-refractivity contribution in [3.8, 4) is 5.75 Å². The monoisotopic (exact) mass is 341 g/mol. The second kappa shape index (κ2) is 6.13. The molecule has 0 fully saturated rings. The molecule has 0 amide bonds. The Morgan fingerprint density at radius 1 is 1.05 bits per heavy atom. The fourth-order valence-corrected chi connectivity index (χ4v) is 2.46. The summed E-state index contributed by atoms with van der Waals surface area (Å²) in [6.45, 7) is 0. The number of hydrogen-bond acceptors (Lipinski definition) is 4. The standard InChI is InChI=1S/C14H9Cl2NO5/c15-7-5-9(18)10(14(21)22)11(16)12(7)17-8-4-2-1-3-6(8)13(19)20/h1-5,17-18H,(H,19,20)(H,21,22). The molecule has 0 heterocycles. The molecule has 2 rings (SSSR count). The first kappa shape index (κ1) is 15.9. The first-order valence-electron chi connectivity index (χ1n) is 5.86. The third-order valence-electron chi connectivity index (χ3n) is 2.83. The molecular formula is C14H9Cl2NO5. The number of para-hydroxylation sites is 1. The van der Waals surface area contributed by atoms with E-state index in [1.807, 2.05) is 0 Å². The molecular weight excluding hydrogens is 333 g/mol. The Morgan fingerprint density at radius 2 is 1.68 bits per heavy atom. The van der Waals surface area contributed by atoms with Crippen LogP contribution in [0.2, 0.25) is 10.0 Å². The Kier molecular flexibility index (Phi) is 4.44. The maximum Gasteiger partial charge on any atom is 0.341 e. The maximum absolute atomic E-state index is 11.2. The number of carboxylic acids is 2. The van der Waals surface area contributed by atoms with Gasteiger partial charge in [-0.1, -0.05) is 35.3 Å². The van der Waals surface area contributed by atoms with Crippen LogP contribution >= 0.6 is 23.2 Å². The number of hydrogen-bond donors (Lipinski definition) is 4. The number of nitrogens with one attached hydrogen (secondary N) is 1. The summed E-state index contributed by atoms with van der Waals surface area (Å²) in [5.74, 6) is -3.19. The van der Waals surface area contributed by atoms with E-state index >= 15 is 0 Å². The van der Waals surface area contributed by atoms with Gasteiger partial charge in [0.2, 0.25) is 0 Å². The van der Waals surface area contributed by atoms with Crippen LogP contribution in [0.4, 0.5) is 11.4 Å². The van der Waals surface area contributed by atoms with E-state index in [9.17, 15) is 14.7 Å². The van der Waals surface area contributed by atoms with Crippen molar-refractivity contribution in [2.75, 3.05) is 5.32 Å². The van der Waals surface area contributed by atoms with Gasteiger partial charge in [0.15, 0.2) is 0 Å². The lowest BCUT2D eigenvalue weighted by Gasteiger charge is -2.15. The predicted octanol–water partition coefficient (Wildman–Crippen LogP) is 3.84. The van der Waals surface area contributed by atoms with Crippen LogP contribution in [0.5, 0.6) is 5.75 Å². The Morgan fingerprint density at radius 3 is 2.27 bits per heavy atom. The van der Waals surface area contributed by atoms with Gasteiger partial charge in [0.1, 0.15) is 11.3 Å². The first-order valence-corrected chi connectivity index (χ1v) is 6.62. The van der Waals surface area contributed by atoms with Crippen molar-refractivity contribution < 1.29 is 24.9 Å². The molecule has 0 aliphatic carbocycles. The minimum Gasteiger partial charge on any atom is -0.507 e. The van der Waals surface area contributed by atoms with Crippen molar-refractivity contribution in [3.63, 3.8) is 0 Å². The van der Waals surface area contributed by atoms with E-state index < -0.39 is 23.3 Å². The predicted molar refractivity (Wildman–Crippen MR) is 81.8 cm³/mol. The molecule has 4 N–H and O–H groups in total. The summed E-state index contributed by atoms with van der Waals surface area (Å²) in [6, 6.07) is 6.99. The van der Waals surface area contributed by atoms with E-state index in [0.717, 1.165) is 6.07 Å². The average Bonchev–Trinajstić information content (AvgIpc) is 2.43. The Hall–Kier alpha value is -2.44. The van der Waals surface area contributed by atoms with Gasteiger partial charge in [-0.05, 0) is 12.1 Å². The van der Waals surface area contributed by atoms with Crippen LogP contribution < -0.4 is 5.32 Å². The average molecular weight is 342 g/mol. The van der Waals surface area contributed by atoms with Crippen molar-refractivity contribution in [1.29, 1.82) is 0 Å². The highest BCUT2D eigenvalue weighted by Gasteiger charge is 2.22. The lowest BCUT2D eigenvalue weighted by Crippen LogP contribution is -2.05. The number of carboxylic acid groups (broad SMARTS) is 2. The smallest absolute Gasteiger partial charge is 0.341 e. The van der Waals surface area contributed by atoms with Crippen molar-refractivity contribution in [3.05, 3.63) is 51.5 Å². The quantitative estimate of drug-likeness (QED) is 0.629. The van der Waals surface area contributed by atoms with E-state index in [0.29, 0.717) is 0 Å². The van der Waals surface area contributed by atoms with Crippen LogP contribution in [-0.2, 0) is 0 Å². The molecule has 0 unspecified atom stereocenters. The minimum atomic E-state index is -1.44. The van der Waals surface area contributed by atoms with Crippen molar-refractivity contribution in [2.45, 2.75) is 0 Å². The second-order valence-corrected chi connectivity index (χ2v) is 5.01. The number of anilines is 2. The van der Waals surface area contributed by atoms with Crippen LogP contribution in [0.1, 0.15) is 20.7 Å². The number of carbonyl (C=O) groups is 2. The Labute approximate surface area is 134 Å². The van der Waals surface area contributed by atoms with Gasteiger partial charge in [-0.25, -0.2) is 9.59 Å². The molecule has 0 atom stereocenters. The minimum absolute atomic E-state index is 0.00719. The molecule has 0 saturated carbocycles. The van der Waals surface area contributed by atoms with E-state index in [1.54, 1.807) is 6.07 Å². The molecule has 0 bridgehead atoms. The van der Waals surface area contributed by atoms with Crippen LogP contribution in [0.15, 0.2) is 30.3 Å². The molecule has 0 aromatic heterocycles. The fraction of sp³-hybridized carbons (Fsp3) is 0. The third-order valence-corrected chi connectivity index (χ3v) is 3.50. The van der Waals surface area contributed by atoms with Crippen LogP contribution in [0, 0.1) is 0 Å². The summed E-state index contributed by atoms with van der Waals surface area (Å²) in [7, 11) is 0. The normalized spacial score (nSPS) is 10.3. The van der Waals surface area contributed by atoms with Crippen LogP contribution in [-0.4, -0.2) is 27.3 Å². The van der Waals surface area contributed by atoms with Gasteiger partial charge in [-0.3, -0.25) is 0 Å². The van der Waals surface area contributed by atoms with Gasteiger partial charge in [0.05, 0.1) is 27.0 Å². The number of rotatable bonds is 4. The zero-order chi connectivity index (χ0) is 16.4. The second-order valence-electron chi connectivity index (χ2n) is 4.22. The zero-order valence-corrected chi connectivity index (χ0v) is 12.3. The van der Waals surface area contributed by atoms with Gasteiger partial charge >= 0.3 is 11.9 Å². The molecule has 22 heavy (non-hydrogen) atoms. The maximum atomic E-state index is 11.2. The summed E-state index contributed by atoms with van der Waals surface area (Å²) in [6.07, 6.45) is 0. The molecule has 0 aliphatic heterocycles. The highest BCUT2D eigenvalue weighted by Crippen LogP contribution is 2.40. The summed E-state index contributed by atoms with van der Waals surface area (Å²) >= 11 is 11.9. The number of aromatic carboxylic acids is 2. The molecule has 0 spiro atoms. The topological polar surface area (TPSA) is 107 Å². The fourth-order valence-electron chi connectivity index (χ4n) is 1.84. The zero-order valence-electron chi connectivity index (χ0n) is 10.8. The van der Waals surface area contributed by atoms with E-state index in [4.69, 9.17) is 33.4 Å². The Bertz CT molecular complexity index is 776. The summed E-state index contributed by atoms with van der Waals surface area (Å²) in [4.78, 5) is 22.3. The molecule has 2 aromatic carbocycles. The van der Waals surface area contributed by atoms with Gasteiger partial charge in [-0.15, -0.1) is 0 Å². The molecule has 8 heteroatoms. The first-order chi connectivity index (χ1) is 10.3. The summed E-state index contributed by atoms with van der Waals surface area (Å²) in [5, 5.41) is 30.1. The van der Waals surface area contributed by atoms with Crippen molar-refractivity contribution in [2.24, 2.45) is 0 Å².